The van der Waals surface area contributed by atoms with Gasteiger partial charge in [-0.3, -0.25) is 4.79 Å². The summed E-state index contributed by atoms with van der Waals surface area (Å²) in [5.74, 6) is -0.689. The Morgan fingerprint density at radius 2 is 1.96 bits per heavy atom. The Labute approximate surface area is 170 Å². The third kappa shape index (κ3) is 4.29. The average Bonchev–Trinajstić information content (AvgIpc) is 2.63. The minimum absolute atomic E-state index is 0.00672. The van der Waals surface area contributed by atoms with Crippen LogP contribution in [-0.4, -0.2) is 24.5 Å². The molecule has 2 aromatic carbocycles. The van der Waals surface area contributed by atoms with Crippen molar-refractivity contribution in [3.05, 3.63) is 73.8 Å². The number of carbonyl (C=O) groups is 1. The maximum Gasteiger partial charge on any atom is 0.336 e. The summed E-state index contributed by atoms with van der Waals surface area (Å²) in [4.78, 5) is 25.2. The van der Waals surface area contributed by atoms with Gasteiger partial charge in [0, 0.05) is 41.7 Å². The van der Waals surface area contributed by atoms with Crippen molar-refractivity contribution in [3.8, 4) is 5.75 Å². The van der Waals surface area contributed by atoms with Crippen LogP contribution in [0.3, 0.4) is 0 Å². The summed E-state index contributed by atoms with van der Waals surface area (Å²) in [6, 6.07) is 8.77. The maximum atomic E-state index is 13.9. The molecule has 1 aromatic heterocycles. The summed E-state index contributed by atoms with van der Waals surface area (Å²) in [5, 5.41) is 1.19. The molecule has 0 saturated carbocycles. The Morgan fingerprint density at radius 3 is 2.68 bits per heavy atom. The predicted octanol–water partition coefficient (Wildman–Crippen LogP) is 4.58. The standard InChI is InChI=1S/C20H16Cl2FNO4/c1-11-6-20(26)28-17-8-18(15(22)7-12(11)17)27-10-19(25)24(2)9-13-14(21)4-3-5-16(13)23/h3-8H,9-10H2,1-2H3. The molecule has 1 heterocycles. The van der Waals surface area contributed by atoms with Crippen LogP contribution in [0.15, 0.2) is 45.6 Å². The number of rotatable bonds is 5. The summed E-state index contributed by atoms with van der Waals surface area (Å²) in [5.41, 5.74) is 0.762. The van der Waals surface area contributed by atoms with Gasteiger partial charge in [-0.05, 0) is 30.7 Å². The van der Waals surface area contributed by atoms with Crippen LogP contribution in [0, 0.1) is 12.7 Å². The summed E-state index contributed by atoms with van der Waals surface area (Å²) in [6.07, 6.45) is 0. The number of nitrogens with zero attached hydrogens (tertiary/aromatic N) is 1. The molecule has 0 N–H and O–H groups in total. The lowest BCUT2D eigenvalue weighted by molar-refractivity contribution is -0.132. The van der Waals surface area contributed by atoms with E-state index in [9.17, 15) is 14.0 Å². The van der Waals surface area contributed by atoms with E-state index < -0.39 is 17.3 Å². The van der Waals surface area contributed by atoms with E-state index in [-0.39, 0.29) is 34.5 Å². The number of likely N-dealkylation sites (N-methyl/N-ethyl adjacent to an activating group) is 1. The van der Waals surface area contributed by atoms with Crippen LogP contribution in [0.4, 0.5) is 4.39 Å². The third-order valence-electron chi connectivity index (χ3n) is 4.24. The molecule has 0 spiro atoms. The molecule has 8 heteroatoms. The van der Waals surface area contributed by atoms with Crippen molar-refractivity contribution in [1.82, 2.24) is 4.90 Å². The molecular weight excluding hydrogens is 408 g/mol. The lowest BCUT2D eigenvalue weighted by atomic mass is 10.1. The maximum absolute atomic E-state index is 13.9. The van der Waals surface area contributed by atoms with Crippen LogP contribution in [0.25, 0.3) is 11.0 Å². The first kappa shape index (κ1) is 20.2. The van der Waals surface area contributed by atoms with Gasteiger partial charge in [0.15, 0.2) is 6.61 Å². The van der Waals surface area contributed by atoms with Gasteiger partial charge in [-0.15, -0.1) is 0 Å². The van der Waals surface area contributed by atoms with E-state index in [0.29, 0.717) is 11.0 Å². The number of halogens is 3. The molecule has 3 aromatic rings. The number of amides is 1. The van der Waals surface area contributed by atoms with Gasteiger partial charge >= 0.3 is 5.63 Å². The second-order valence-electron chi connectivity index (χ2n) is 6.27. The molecule has 0 aliphatic heterocycles. The van der Waals surface area contributed by atoms with Crippen LogP contribution < -0.4 is 10.4 Å². The normalized spacial score (nSPS) is 10.9. The lowest BCUT2D eigenvalue weighted by Crippen LogP contribution is -2.31. The van der Waals surface area contributed by atoms with Crippen LogP contribution in [0.5, 0.6) is 5.75 Å². The SMILES string of the molecule is Cc1cc(=O)oc2cc(OCC(=O)N(C)Cc3c(F)cccc3Cl)c(Cl)cc12. The van der Waals surface area contributed by atoms with E-state index in [0.717, 1.165) is 5.56 Å². The highest BCUT2D eigenvalue weighted by atomic mass is 35.5. The molecule has 0 radical (unpaired) electrons. The Balaban J connectivity index is 1.73. The first-order valence-corrected chi connectivity index (χ1v) is 9.05. The fourth-order valence-electron chi connectivity index (χ4n) is 2.69. The zero-order valence-corrected chi connectivity index (χ0v) is 16.6. The van der Waals surface area contributed by atoms with Gasteiger partial charge in [-0.1, -0.05) is 29.3 Å². The van der Waals surface area contributed by atoms with Crippen molar-refractivity contribution in [3.63, 3.8) is 0 Å². The fraction of sp³-hybridized carbons (Fsp3) is 0.200. The molecule has 0 saturated heterocycles. The number of hydrogen-bond donors (Lipinski definition) is 0. The zero-order chi connectivity index (χ0) is 20.4. The van der Waals surface area contributed by atoms with E-state index in [4.69, 9.17) is 32.4 Å². The molecule has 0 aliphatic carbocycles. The molecule has 146 valence electrons. The Morgan fingerprint density at radius 1 is 1.21 bits per heavy atom. The molecule has 0 bridgehead atoms. The van der Waals surface area contributed by atoms with Crippen LogP contribution >= 0.6 is 23.2 Å². The van der Waals surface area contributed by atoms with Crippen molar-refractivity contribution < 1.29 is 18.3 Å². The topological polar surface area (TPSA) is 59.8 Å². The van der Waals surface area contributed by atoms with Gasteiger partial charge in [-0.2, -0.15) is 0 Å². The number of carbonyl (C=O) groups excluding carboxylic acids is 1. The number of hydrogen-bond acceptors (Lipinski definition) is 4. The zero-order valence-electron chi connectivity index (χ0n) is 15.1. The van der Waals surface area contributed by atoms with Gasteiger partial charge in [0.05, 0.1) is 5.02 Å². The van der Waals surface area contributed by atoms with Gasteiger partial charge in [0.1, 0.15) is 17.1 Å². The molecule has 0 atom stereocenters. The van der Waals surface area contributed by atoms with Gasteiger partial charge in [0.25, 0.3) is 5.91 Å². The predicted molar refractivity (Wildman–Crippen MR) is 106 cm³/mol. The van der Waals surface area contributed by atoms with E-state index in [2.05, 4.69) is 0 Å². The quantitative estimate of drug-likeness (QED) is 0.563. The molecule has 28 heavy (non-hydrogen) atoms. The molecule has 3 rings (SSSR count). The van der Waals surface area contributed by atoms with Crippen LogP contribution in [-0.2, 0) is 11.3 Å². The van der Waals surface area contributed by atoms with Gasteiger partial charge in [0.2, 0.25) is 0 Å². The van der Waals surface area contributed by atoms with Crippen LogP contribution in [0.2, 0.25) is 10.0 Å². The van der Waals surface area contributed by atoms with E-state index in [1.54, 1.807) is 19.1 Å². The summed E-state index contributed by atoms with van der Waals surface area (Å²) in [6.45, 7) is 1.43. The Bertz CT molecular complexity index is 1090. The Hall–Kier alpha value is -2.57. The first-order valence-electron chi connectivity index (χ1n) is 8.30. The number of aryl methyl sites for hydroxylation is 1. The molecule has 0 unspecified atom stereocenters. The summed E-state index contributed by atoms with van der Waals surface area (Å²) in [7, 11) is 1.51. The second kappa shape index (κ2) is 8.20. The van der Waals surface area contributed by atoms with Crippen molar-refractivity contribution in [2.24, 2.45) is 0 Å². The summed E-state index contributed by atoms with van der Waals surface area (Å²) >= 11 is 12.2. The number of benzene rings is 2. The molecule has 1 amide bonds. The second-order valence-corrected chi connectivity index (χ2v) is 7.08. The highest BCUT2D eigenvalue weighted by Gasteiger charge is 2.16. The highest BCUT2D eigenvalue weighted by molar-refractivity contribution is 6.33. The van der Waals surface area contributed by atoms with E-state index in [1.807, 2.05) is 0 Å². The third-order valence-corrected chi connectivity index (χ3v) is 4.89. The average molecular weight is 424 g/mol. The minimum atomic E-state index is -0.490. The Kier molecular flexibility index (Phi) is 5.91. The molecular formula is C20H16Cl2FNO4. The monoisotopic (exact) mass is 423 g/mol. The fourth-order valence-corrected chi connectivity index (χ4v) is 3.13. The number of fused-ring (bicyclic) bond motifs is 1. The largest absolute Gasteiger partial charge is 0.482 e. The first-order chi connectivity index (χ1) is 13.3. The van der Waals surface area contributed by atoms with Gasteiger partial charge in [-0.25, -0.2) is 9.18 Å². The molecule has 5 nitrogen and oxygen atoms in total. The molecule has 0 aliphatic rings. The summed E-state index contributed by atoms with van der Waals surface area (Å²) < 4.78 is 24.5. The molecule has 0 fully saturated rings. The van der Waals surface area contributed by atoms with Crippen LogP contribution in [0.1, 0.15) is 11.1 Å². The lowest BCUT2D eigenvalue weighted by Gasteiger charge is -2.19. The minimum Gasteiger partial charge on any atom is -0.482 e. The van der Waals surface area contributed by atoms with E-state index in [1.165, 1.54) is 36.2 Å². The van der Waals surface area contributed by atoms with Crippen molar-refractivity contribution in [1.29, 1.82) is 0 Å². The van der Waals surface area contributed by atoms with E-state index >= 15 is 0 Å². The van der Waals surface area contributed by atoms with Crippen molar-refractivity contribution in [2.75, 3.05) is 13.7 Å². The van der Waals surface area contributed by atoms with Crippen molar-refractivity contribution in [2.45, 2.75) is 13.5 Å². The smallest absolute Gasteiger partial charge is 0.336 e. The number of ether oxygens (including phenoxy) is 1. The van der Waals surface area contributed by atoms with Crippen molar-refractivity contribution >= 4 is 40.1 Å². The highest BCUT2D eigenvalue weighted by Crippen LogP contribution is 2.31. The van der Waals surface area contributed by atoms with Gasteiger partial charge < -0.3 is 14.1 Å².